The van der Waals surface area contributed by atoms with Crippen molar-refractivity contribution in [2.24, 2.45) is 0 Å². The van der Waals surface area contributed by atoms with Crippen molar-refractivity contribution >= 4 is 0 Å². The van der Waals surface area contributed by atoms with Gasteiger partial charge in [-0.05, 0) is 38.8 Å². The van der Waals surface area contributed by atoms with Gasteiger partial charge in [0.2, 0.25) is 0 Å². The van der Waals surface area contributed by atoms with Crippen molar-refractivity contribution in [1.29, 1.82) is 0 Å². The van der Waals surface area contributed by atoms with E-state index in [9.17, 15) is 5.11 Å². The number of hydrogen-bond donors (Lipinski definition) is 2. The van der Waals surface area contributed by atoms with Crippen molar-refractivity contribution in [3.05, 3.63) is 29.8 Å². The van der Waals surface area contributed by atoms with E-state index in [-0.39, 0.29) is 5.54 Å². The van der Waals surface area contributed by atoms with E-state index in [1.54, 1.807) is 0 Å². The van der Waals surface area contributed by atoms with E-state index in [0.717, 1.165) is 12.2 Å². The van der Waals surface area contributed by atoms with Gasteiger partial charge in [-0.2, -0.15) is 0 Å². The topological polar surface area (TPSA) is 41.5 Å². The SMILES string of the molecule is CCc1ccccc1OCC(O)CNC(C)(C)C. The van der Waals surface area contributed by atoms with Gasteiger partial charge in [-0.15, -0.1) is 0 Å². The summed E-state index contributed by atoms with van der Waals surface area (Å²) >= 11 is 0. The number of aliphatic hydroxyl groups excluding tert-OH is 1. The Kier molecular flexibility index (Phi) is 5.63. The van der Waals surface area contributed by atoms with E-state index in [1.165, 1.54) is 5.56 Å². The molecule has 3 heteroatoms. The zero-order valence-electron chi connectivity index (χ0n) is 11.9. The molecule has 0 bridgehead atoms. The van der Waals surface area contributed by atoms with Gasteiger partial charge in [0.1, 0.15) is 18.5 Å². The molecular weight excluding hydrogens is 226 g/mol. The molecule has 0 aliphatic carbocycles. The molecule has 1 unspecified atom stereocenters. The summed E-state index contributed by atoms with van der Waals surface area (Å²) in [6, 6.07) is 7.95. The number of rotatable bonds is 6. The minimum absolute atomic E-state index is 0.0162. The van der Waals surface area contributed by atoms with Crippen LogP contribution in [0.4, 0.5) is 0 Å². The van der Waals surface area contributed by atoms with E-state index in [4.69, 9.17) is 4.74 Å². The van der Waals surface area contributed by atoms with Crippen molar-refractivity contribution in [3.63, 3.8) is 0 Å². The van der Waals surface area contributed by atoms with Gasteiger partial charge in [-0.25, -0.2) is 0 Å². The Balaban J connectivity index is 2.40. The summed E-state index contributed by atoms with van der Waals surface area (Å²) in [7, 11) is 0. The van der Waals surface area contributed by atoms with Crippen molar-refractivity contribution in [2.75, 3.05) is 13.2 Å². The highest BCUT2D eigenvalue weighted by molar-refractivity contribution is 5.33. The van der Waals surface area contributed by atoms with Crippen LogP contribution < -0.4 is 10.1 Å². The highest BCUT2D eigenvalue weighted by atomic mass is 16.5. The summed E-state index contributed by atoms with van der Waals surface area (Å²) in [5.74, 6) is 0.870. The quantitative estimate of drug-likeness (QED) is 0.815. The van der Waals surface area contributed by atoms with Crippen molar-refractivity contribution in [3.8, 4) is 5.75 Å². The van der Waals surface area contributed by atoms with Crippen LogP contribution in [0.1, 0.15) is 33.3 Å². The summed E-state index contributed by atoms with van der Waals surface area (Å²) in [6.45, 7) is 9.19. The Labute approximate surface area is 110 Å². The molecule has 3 nitrogen and oxygen atoms in total. The molecule has 2 N–H and O–H groups in total. The first-order valence-electron chi connectivity index (χ1n) is 6.56. The average Bonchev–Trinajstić information content (AvgIpc) is 2.33. The van der Waals surface area contributed by atoms with Gasteiger partial charge in [-0.1, -0.05) is 25.1 Å². The molecule has 0 radical (unpaired) electrons. The lowest BCUT2D eigenvalue weighted by atomic mass is 10.1. The molecular formula is C15H25NO2. The van der Waals surface area contributed by atoms with E-state index in [2.05, 4.69) is 39.1 Å². The summed E-state index contributed by atoms with van der Waals surface area (Å²) in [5, 5.41) is 13.1. The third-order valence-corrected chi connectivity index (χ3v) is 2.65. The molecule has 0 aliphatic rings. The van der Waals surface area contributed by atoms with Crippen LogP contribution in [-0.2, 0) is 6.42 Å². The Bertz CT molecular complexity index is 358. The maximum absolute atomic E-state index is 9.85. The Morgan fingerprint density at radius 1 is 1.28 bits per heavy atom. The first-order chi connectivity index (χ1) is 8.42. The van der Waals surface area contributed by atoms with Crippen LogP contribution in [0.2, 0.25) is 0 Å². The third-order valence-electron chi connectivity index (χ3n) is 2.65. The second-order valence-electron chi connectivity index (χ2n) is 5.56. The maximum atomic E-state index is 9.85. The summed E-state index contributed by atoms with van der Waals surface area (Å²) in [5.41, 5.74) is 1.19. The van der Waals surface area contributed by atoms with Gasteiger partial charge >= 0.3 is 0 Å². The third kappa shape index (κ3) is 5.52. The molecule has 18 heavy (non-hydrogen) atoms. The van der Waals surface area contributed by atoms with Crippen LogP contribution >= 0.6 is 0 Å². The minimum Gasteiger partial charge on any atom is -0.491 e. The first-order valence-corrected chi connectivity index (χ1v) is 6.56. The molecule has 1 atom stereocenters. The fraction of sp³-hybridized carbons (Fsp3) is 0.600. The molecule has 1 aromatic rings. The second kappa shape index (κ2) is 6.76. The molecule has 1 rings (SSSR count). The Morgan fingerprint density at radius 3 is 2.56 bits per heavy atom. The maximum Gasteiger partial charge on any atom is 0.122 e. The van der Waals surface area contributed by atoms with Gasteiger partial charge in [0.15, 0.2) is 0 Å². The standard InChI is InChI=1S/C15H25NO2/c1-5-12-8-6-7-9-14(12)18-11-13(17)10-16-15(2,3)4/h6-9,13,16-17H,5,10-11H2,1-4H3. The highest BCUT2D eigenvalue weighted by Gasteiger charge is 2.13. The normalized spacial score (nSPS) is 13.4. The zero-order chi connectivity index (χ0) is 13.6. The lowest BCUT2D eigenvalue weighted by Gasteiger charge is -2.23. The number of hydrogen-bond acceptors (Lipinski definition) is 3. The predicted octanol–water partition coefficient (Wildman–Crippen LogP) is 2.38. The first kappa shape index (κ1) is 15.0. The van der Waals surface area contributed by atoms with Crippen molar-refractivity contribution in [2.45, 2.75) is 45.8 Å². The van der Waals surface area contributed by atoms with Crippen LogP contribution in [-0.4, -0.2) is 29.9 Å². The van der Waals surface area contributed by atoms with Gasteiger partial charge in [-0.3, -0.25) is 0 Å². The molecule has 0 aromatic heterocycles. The molecule has 0 heterocycles. The number of β-amino-alcohol motifs (C(OH)–C–C–N with tert-alkyl or cyclic N) is 1. The number of benzene rings is 1. The van der Waals surface area contributed by atoms with E-state index < -0.39 is 6.10 Å². The number of nitrogens with one attached hydrogen (secondary N) is 1. The average molecular weight is 251 g/mol. The van der Waals surface area contributed by atoms with Crippen LogP contribution in [0.3, 0.4) is 0 Å². The molecule has 0 saturated heterocycles. The number of ether oxygens (including phenoxy) is 1. The fourth-order valence-electron chi connectivity index (χ4n) is 1.61. The largest absolute Gasteiger partial charge is 0.491 e. The molecule has 102 valence electrons. The molecule has 0 fully saturated rings. The molecule has 1 aromatic carbocycles. The van der Waals surface area contributed by atoms with Gasteiger partial charge < -0.3 is 15.2 Å². The molecule has 0 amide bonds. The smallest absolute Gasteiger partial charge is 0.122 e. The van der Waals surface area contributed by atoms with Gasteiger partial charge in [0, 0.05) is 12.1 Å². The highest BCUT2D eigenvalue weighted by Crippen LogP contribution is 2.18. The van der Waals surface area contributed by atoms with E-state index in [0.29, 0.717) is 13.2 Å². The monoisotopic (exact) mass is 251 g/mol. The van der Waals surface area contributed by atoms with Gasteiger partial charge in [0.25, 0.3) is 0 Å². The molecule has 0 aliphatic heterocycles. The Morgan fingerprint density at radius 2 is 1.94 bits per heavy atom. The molecule has 0 spiro atoms. The van der Waals surface area contributed by atoms with E-state index in [1.807, 2.05) is 18.2 Å². The Hall–Kier alpha value is -1.06. The van der Waals surface area contributed by atoms with E-state index >= 15 is 0 Å². The number of aliphatic hydroxyl groups is 1. The van der Waals surface area contributed by atoms with Crippen LogP contribution in [0.5, 0.6) is 5.75 Å². The van der Waals surface area contributed by atoms with Crippen LogP contribution in [0.25, 0.3) is 0 Å². The van der Waals surface area contributed by atoms with Crippen LogP contribution in [0.15, 0.2) is 24.3 Å². The summed E-state index contributed by atoms with van der Waals surface area (Å²) in [4.78, 5) is 0. The van der Waals surface area contributed by atoms with Crippen molar-refractivity contribution < 1.29 is 9.84 Å². The summed E-state index contributed by atoms with van der Waals surface area (Å²) in [6.07, 6.45) is 0.445. The summed E-state index contributed by atoms with van der Waals surface area (Å²) < 4.78 is 5.67. The van der Waals surface area contributed by atoms with Crippen molar-refractivity contribution in [1.82, 2.24) is 5.32 Å². The lowest BCUT2D eigenvalue weighted by molar-refractivity contribution is 0.0996. The van der Waals surface area contributed by atoms with Crippen LogP contribution in [0, 0.1) is 0 Å². The predicted molar refractivity (Wildman–Crippen MR) is 75.1 cm³/mol. The number of para-hydroxylation sites is 1. The second-order valence-corrected chi connectivity index (χ2v) is 5.56. The lowest BCUT2D eigenvalue weighted by Crippen LogP contribution is -2.42. The molecule has 0 saturated carbocycles. The number of aryl methyl sites for hydroxylation is 1. The minimum atomic E-state index is -0.492. The zero-order valence-corrected chi connectivity index (χ0v) is 11.9. The van der Waals surface area contributed by atoms with Gasteiger partial charge in [0.05, 0.1) is 0 Å². The fourth-order valence-corrected chi connectivity index (χ4v) is 1.61.